The Morgan fingerprint density at radius 2 is 2.11 bits per heavy atom. The minimum Gasteiger partial charge on any atom is -0.354 e. The van der Waals surface area contributed by atoms with Gasteiger partial charge in [0.1, 0.15) is 0 Å². The lowest BCUT2D eigenvalue weighted by atomic mass is 10.2. The topological polar surface area (TPSA) is 58.2 Å². The van der Waals surface area contributed by atoms with E-state index in [0.717, 1.165) is 0 Å². The van der Waals surface area contributed by atoms with Crippen molar-refractivity contribution in [3.8, 4) is 0 Å². The van der Waals surface area contributed by atoms with Crippen molar-refractivity contribution < 1.29 is 9.59 Å². The standard InChI is InChI=1S/C13H15ClN2O2/c1-2-3-7-15-12(17)9-16-13(18)10-5-4-6-11(14)8-10/h2,4-6,8H,1,3,7,9H2,(H,15,17)(H,16,18). The van der Waals surface area contributed by atoms with Gasteiger partial charge in [-0.25, -0.2) is 0 Å². The lowest BCUT2D eigenvalue weighted by molar-refractivity contribution is -0.120. The number of hydrogen-bond donors (Lipinski definition) is 2. The molecular weight excluding hydrogens is 252 g/mol. The SMILES string of the molecule is C=CCCNC(=O)CNC(=O)c1cccc(Cl)c1. The maximum absolute atomic E-state index is 11.7. The van der Waals surface area contributed by atoms with E-state index in [0.29, 0.717) is 23.6 Å². The fourth-order valence-corrected chi connectivity index (χ4v) is 1.46. The Balaban J connectivity index is 2.37. The van der Waals surface area contributed by atoms with Gasteiger partial charge in [0.05, 0.1) is 6.54 Å². The number of carbonyl (C=O) groups excluding carboxylic acids is 2. The van der Waals surface area contributed by atoms with E-state index in [-0.39, 0.29) is 18.4 Å². The summed E-state index contributed by atoms with van der Waals surface area (Å²) in [6, 6.07) is 6.55. The zero-order valence-electron chi connectivity index (χ0n) is 9.91. The van der Waals surface area contributed by atoms with Crippen LogP contribution in [0.1, 0.15) is 16.8 Å². The molecule has 18 heavy (non-hydrogen) atoms. The van der Waals surface area contributed by atoms with Crippen LogP contribution in [0.25, 0.3) is 0 Å². The molecule has 0 atom stereocenters. The first-order valence-electron chi connectivity index (χ1n) is 5.55. The number of benzene rings is 1. The Morgan fingerprint density at radius 1 is 1.33 bits per heavy atom. The van der Waals surface area contributed by atoms with E-state index in [1.54, 1.807) is 30.3 Å². The zero-order chi connectivity index (χ0) is 13.4. The van der Waals surface area contributed by atoms with Crippen LogP contribution in [0.3, 0.4) is 0 Å². The van der Waals surface area contributed by atoms with E-state index in [4.69, 9.17) is 11.6 Å². The third-order valence-corrected chi connectivity index (χ3v) is 2.40. The molecule has 0 unspecified atom stereocenters. The summed E-state index contributed by atoms with van der Waals surface area (Å²) in [7, 11) is 0. The van der Waals surface area contributed by atoms with E-state index in [9.17, 15) is 9.59 Å². The van der Waals surface area contributed by atoms with Crippen molar-refractivity contribution in [3.63, 3.8) is 0 Å². The molecule has 5 heteroatoms. The minimum atomic E-state index is -0.323. The third-order valence-electron chi connectivity index (χ3n) is 2.17. The summed E-state index contributed by atoms with van der Waals surface area (Å²) in [5, 5.41) is 5.65. The second-order valence-electron chi connectivity index (χ2n) is 3.62. The van der Waals surface area contributed by atoms with E-state index in [1.807, 2.05) is 0 Å². The van der Waals surface area contributed by atoms with E-state index >= 15 is 0 Å². The van der Waals surface area contributed by atoms with Crippen molar-refractivity contribution in [2.24, 2.45) is 0 Å². The molecule has 1 aromatic rings. The van der Waals surface area contributed by atoms with Crippen LogP contribution >= 0.6 is 11.6 Å². The second kappa shape index (κ2) is 7.50. The quantitative estimate of drug-likeness (QED) is 0.609. The van der Waals surface area contributed by atoms with Crippen molar-refractivity contribution in [2.75, 3.05) is 13.1 Å². The molecule has 0 bridgehead atoms. The first-order valence-corrected chi connectivity index (χ1v) is 5.92. The third kappa shape index (κ3) is 5.01. The van der Waals surface area contributed by atoms with Crippen LogP contribution in [-0.4, -0.2) is 24.9 Å². The largest absolute Gasteiger partial charge is 0.354 e. The Bertz CT molecular complexity index is 446. The van der Waals surface area contributed by atoms with Crippen LogP contribution in [0.15, 0.2) is 36.9 Å². The van der Waals surface area contributed by atoms with E-state index < -0.39 is 0 Å². The molecule has 2 amide bonds. The van der Waals surface area contributed by atoms with Gasteiger partial charge in [-0.15, -0.1) is 6.58 Å². The molecule has 0 aliphatic carbocycles. The molecule has 0 spiro atoms. The molecule has 1 aromatic carbocycles. The first-order chi connectivity index (χ1) is 8.63. The van der Waals surface area contributed by atoms with Gasteiger partial charge in [0.25, 0.3) is 5.91 Å². The Hall–Kier alpha value is -1.81. The summed E-state index contributed by atoms with van der Waals surface area (Å²) in [5.41, 5.74) is 0.432. The summed E-state index contributed by atoms with van der Waals surface area (Å²) in [6.45, 7) is 4.02. The van der Waals surface area contributed by atoms with Gasteiger partial charge in [-0.2, -0.15) is 0 Å². The van der Waals surface area contributed by atoms with Gasteiger partial charge in [-0.05, 0) is 24.6 Å². The van der Waals surface area contributed by atoms with Crippen LogP contribution in [0.4, 0.5) is 0 Å². The Morgan fingerprint density at radius 3 is 2.78 bits per heavy atom. The van der Waals surface area contributed by atoms with Gasteiger partial charge < -0.3 is 10.6 Å². The maximum Gasteiger partial charge on any atom is 0.251 e. The molecule has 1 rings (SSSR count). The Kier molecular flexibility index (Phi) is 5.94. The van der Waals surface area contributed by atoms with Crippen molar-refractivity contribution >= 4 is 23.4 Å². The van der Waals surface area contributed by atoms with Crippen molar-refractivity contribution in [1.29, 1.82) is 0 Å². The molecule has 96 valence electrons. The van der Waals surface area contributed by atoms with Gasteiger partial charge in [0.2, 0.25) is 5.91 Å². The normalized spacial score (nSPS) is 9.61. The summed E-state index contributed by atoms with van der Waals surface area (Å²) < 4.78 is 0. The summed E-state index contributed by atoms with van der Waals surface area (Å²) in [6.07, 6.45) is 2.42. The first kappa shape index (κ1) is 14.3. The molecule has 4 nitrogen and oxygen atoms in total. The van der Waals surface area contributed by atoms with Crippen molar-refractivity contribution in [2.45, 2.75) is 6.42 Å². The predicted octanol–water partition coefficient (Wildman–Crippen LogP) is 1.76. The van der Waals surface area contributed by atoms with Gasteiger partial charge in [-0.1, -0.05) is 23.7 Å². The molecule has 0 aromatic heterocycles. The lowest BCUT2D eigenvalue weighted by Gasteiger charge is -2.06. The van der Waals surface area contributed by atoms with Gasteiger partial charge in [0.15, 0.2) is 0 Å². The van der Waals surface area contributed by atoms with Crippen molar-refractivity contribution in [1.82, 2.24) is 10.6 Å². The highest BCUT2D eigenvalue weighted by Gasteiger charge is 2.07. The van der Waals surface area contributed by atoms with Crippen LogP contribution in [0.2, 0.25) is 5.02 Å². The predicted molar refractivity (Wildman–Crippen MR) is 71.6 cm³/mol. The van der Waals surface area contributed by atoms with Gasteiger partial charge in [-0.3, -0.25) is 9.59 Å². The summed E-state index contributed by atoms with van der Waals surface area (Å²) >= 11 is 5.77. The molecule has 0 saturated heterocycles. The number of carbonyl (C=O) groups is 2. The highest BCUT2D eigenvalue weighted by atomic mass is 35.5. The highest BCUT2D eigenvalue weighted by molar-refractivity contribution is 6.30. The van der Waals surface area contributed by atoms with E-state index in [1.165, 1.54) is 0 Å². The molecular formula is C13H15ClN2O2. The van der Waals surface area contributed by atoms with Crippen LogP contribution in [0, 0.1) is 0 Å². The van der Waals surface area contributed by atoms with Crippen LogP contribution < -0.4 is 10.6 Å². The fourth-order valence-electron chi connectivity index (χ4n) is 1.27. The average Bonchev–Trinajstić information content (AvgIpc) is 2.36. The van der Waals surface area contributed by atoms with Crippen molar-refractivity contribution in [3.05, 3.63) is 47.5 Å². The van der Waals surface area contributed by atoms with Gasteiger partial charge in [0, 0.05) is 17.1 Å². The average molecular weight is 267 g/mol. The monoisotopic (exact) mass is 266 g/mol. The number of halogens is 1. The van der Waals surface area contributed by atoms with Gasteiger partial charge >= 0.3 is 0 Å². The van der Waals surface area contributed by atoms with Crippen LogP contribution in [0.5, 0.6) is 0 Å². The van der Waals surface area contributed by atoms with Crippen LogP contribution in [-0.2, 0) is 4.79 Å². The molecule has 0 fully saturated rings. The number of nitrogens with one attached hydrogen (secondary N) is 2. The highest BCUT2D eigenvalue weighted by Crippen LogP contribution is 2.10. The summed E-state index contributed by atoms with van der Waals surface area (Å²) in [4.78, 5) is 23.0. The molecule has 0 saturated carbocycles. The number of hydrogen-bond acceptors (Lipinski definition) is 2. The maximum atomic E-state index is 11.7. The molecule has 0 radical (unpaired) electrons. The van der Waals surface area contributed by atoms with E-state index in [2.05, 4.69) is 17.2 Å². The summed E-state index contributed by atoms with van der Waals surface area (Å²) in [5.74, 6) is -0.552. The molecule has 0 aliphatic rings. The fraction of sp³-hybridized carbons (Fsp3) is 0.231. The molecule has 0 heterocycles. The zero-order valence-corrected chi connectivity index (χ0v) is 10.7. The number of amides is 2. The Labute approximate surface area is 111 Å². The number of rotatable bonds is 6. The minimum absolute atomic E-state index is 0.0531. The smallest absolute Gasteiger partial charge is 0.251 e. The molecule has 2 N–H and O–H groups in total. The lowest BCUT2D eigenvalue weighted by Crippen LogP contribution is -2.37. The second-order valence-corrected chi connectivity index (χ2v) is 4.06. The molecule has 0 aliphatic heterocycles.